The summed E-state index contributed by atoms with van der Waals surface area (Å²) in [5.74, 6) is -0.516. The molecule has 1 amide bonds. The van der Waals surface area contributed by atoms with Crippen LogP contribution >= 0.6 is 0 Å². The molecule has 1 fully saturated rings. The maximum Gasteiger partial charge on any atom is 0.243 e. The van der Waals surface area contributed by atoms with Gasteiger partial charge in [0.2, 0.25) is 5.91 Å². The van der Waals surface area contributed by atoms with Crippen molar-refractivity contribution >= 4 is 23.0 Å². The van der Waals surface area contributed by atoms with E-state index in [4.69, 9.17) is 0 Å². The minimum absolute atomic E-state index is 0.139. The van der Waals surface area contributed by atoms with Crippen LogP contribution in [-0.4, -0.2) is 25.5 Å². The Morgan fingerprint density at radius 1 is 1.12 bits per heavy atom. The first-order valence-electron chi connectivity index (χ1n) is 8.77. The van der Waals surface area contributed by atoms with Gasteiger partial charge in [-0.25, -0.2) is 4.39 Å². The van der Waals surface area contributed by atoms with E-state index < -0.39 is 0 Å². The second-order valence-corrected chi connectivity index (χ2v) is 6.43. The number of para-hydroxylation sites is 2. The van der Waals surface area contributed by atoms with Gasteiger partial charge in [-0.3, -0.25) is 4.79 Å². The van der Waals surface area contributed by atoms with Crippen LogP contribution in [0.4, 0.5) is 21.5 Å². The molecular weight excluding hydrogens is 317 g/mol. The molecule has 0 atom stereocenters. The summed E-state index contributed by atoms with van der Waals surface area (Å²) in [5.41, 5.74) is 3.12. The van der Waals surface area contributed by atoms with Crippen LogP contribution in [0.1, 0.15) is 24.8 Å². The van der Waals surface area contributed by atoms with Crippen molar-refractivity contribution in [1.29, 1.82) is 0 Å². The van der Waals surface area contributed by atoms with Gasteiger partial charge in [-0.2, -0.15) is 0 Å². The summed E-state index contributed by atoms with van der Waals surface area (Å²) < 4.78 is 13.6. The molecule has 0 unspecified atom stereocenters. The highest BCUT2D eigenvalue weighted by Gasteiger charge is 2.14. The van der Waals surface area contributed by atoms with Crippen molar-refractivity contribution in [2.75, 3.05) is 35.2 Å². The zero-order chi connectivity index (χ0) is 17.6. The van der Waals surface area contributed by atoms with Gasteiger partial charge in [0, 0.05) is 18.8 Å². The third-order valence-electron chi connectivity index (χ3n) is 4.50. The van der Waals surface area contributed by atoms with E-state index in [0.717, 1.165) is 24.5 Å². The van der Waals surface area contributed by atoms with E-state index in [1.165, 1.54) is 25.3 Å². The smallest absolute Gasteiger partial charge is 0.243 e. The molecule has 0 aliphatic carbocycles. The monoisotopic (exact) mass is 341 g/mol. The number of nitrogens with zero attached hydrogens (tertiary/aromatic N) is 1. The second-order valence-electron chi connectivity index (χ2n) is 6.43. The van der Waals surface area contributed by atoms with E-state index in [1.54, 1.807) is 19.1 Å². The molecule has 4 nitrogen and oxygen atoms in total. The van der Waals surface area contributed by atoms with Crippen molar-refractivity contribution in [2.24, 2.45) is 0 Å². The van der Waals surface area contributed by atoms with Crippen LogP contribution in [0.25, 0.3) is 0 Å². The van der Waals surface area contributed by atoms with Crippen LogP contribution in [0.5, 0.6) is 0 Å². The summed E-state index contributed by atoms with van der Waals surface area (Å²) >= 11 is 0. The number of carbonyl (C=O) groups excluding carboxylic acids is 1. The predicted molar refractivity (Wildman–Crippen MR) is 101 cm³/mol. The first-order chi connectivity index (χ1) is 12.1. The first-order valence-corrected chi connectivity index (χ1v) is 8.77. The van der Waals surface area contributed by atoms with E-state index in [1.807, 2.05) is 18.2 Å². The molecule has 0 radical (unpaired) electrons. The van der Waals surface area contributed by atoms with Gasteiger partial charge < -0.3 is 15.5 Å². The predicted octanol–water partition coefficient (Wildman–Crippen LogP) is 4.18. The van der Waals surface area contributed by atoms with Crippen LogP contribution < -0.4 is 15.5 Å². The quantitative estimate of drug-likeness (QED) is 0.858. The molecule has 1 heterocycles. The molecule has 0 bridgehead atoms. The molecule has 0 aromatic heterocycles. The third-order valence-corrected chi connectivity index (χ3v) is 4.50. The Balaban J connectivity index is 1.61. The van der Waals surface area contributed by atoms with Gasteiger partial charge in [0.25, 0.3) is 0 Å². The molecule has 0 saturated carbocycles. The van der Waals surface area contributed by atoms with Crippen molar-refractivity contribution in [3.8, 4) is 0 Å². The molecule has 0 spiro atoms. The van der Waals surface area contributed by atoms with Crippen molar-refractivity contribution in [3.63, 3.8) is 0 Å². The maximum atomic E-state index is 13.6. The average Bonchev–Trinajstić information content (AvgIpc) is 2.64. The lowest BCUT2D eigenvalue weighted by Gasteiger charge is -2.30. The zero-order valence-electron chi connectivity index (χ0n) is 14.5. The van der Waals surface area contributed by atoms with Crippen LogP contribution in [0, 0.1) is 12.7 Å². The zero-order valence-corrected chi connectivity index (χ0v) is 14.5. The van der Waals surface area contributed by atoms with E-state index in [0.29, 0.717) is 11.3 Å². The average molecular weight is 341 g/mol. The summed E-state index contributed by atoms with van der Waals surface area (Å²) in [5, 5.41) is 5.93. The number of anilines is 3. The fraction of sp³-hybridized carbons (Fsp3) is 0.350. The Labute approximate surface area is 148 Å². The highest BCUT2D eigenvalue weighted by molar-refractivity contribution is 5.94. The number of hydrogen-bond acceptors (Lipinski definition) is 3. The topological polar surface area (TPSA) is 44.4 Å². The van der Waals surface area contributed by atoms with Gasteiger partial charge in [0.05, 0.1) is 17.9 Å². The largest absolute Gasteiger partial charge is 0.374 e. The number of carbonyl (C=O) groups is 1. The normalized spacial score (nSPS) is 14.2. The molecule has 132 valence electrons. The lowest BCUT2D eigenvalue weighted by Crippen LogP contribution is -2.30. The Morgan fingerprint density at radius 2 is 1.88 bits per heavy atom. The summed E-state index contributed by atoms with van der Waals surface area (Å²) in [6.45, 7) is 3.93. The molecule has 1 saturated heterocycles. The molecule has 1 aliphatic heterocycles. The minimum Gasteiger partial charge on any atom is -0.374 e. The molecule has 5 heteroatoms. The number of halogens is 1. The van der Waals surface area contributed by atoms with Gasteiger partial charge >= 0.3 is 0 Å². The van der Waals surface area contributed by atoms with Crippen molar-refractivity contribution in [1.82, 2.24) is 0 Å². The van der Waals surface area contributed by atoms with E-state index in [-0.39, 0.29) is 18.3 Å². The van der Waals surface area contributed by atoms with Gasteiger partial charge in [0.1, 0.15) is 5.82 Å². The summed E-state index contributed by atoms with van der Waals surface area (Å²) in [4.78, 5) is 14.5. The van der Waals surface area contributed by atoms with Gasteiger partial charge in [-0.15, -0.1) is 0 Å². The van der Waals surface area contributed by atoms with Crippen LogP contribution in [0.3, 0.4) is 0 Å². The molecule has 2 aromatic carbocycles. The van der Waals surface area contributed by atoms with Gasteiger partial charge in [0.15, 0.2) is 0 Å². The Kier molecular flexibility index (Phi) is 5.53. The van der Waals surface area contributed by atoms with E-state index >= 15 is 0 Å². The summed E-state index contributed by atoms with van der Waals surface area (Å²) in [7, 11) is 0. The SMILES string of the molecule is Cc1ccc(NC(=O)CNc2ccccc2N2CCCCC2)cc1F. The highest BCUT2D eigenvalue weighted by atomic mass is 19.1. The fourth-order valence-electron chi connectivity index (χ4n) is 3.08. The van der Waals surface area contributed by atoms with Crippen LogP contribution in [0.2, 0.25) is 0 Å². The Hall–Kier alpha value is -2.56. The van der Waals surface area contributed by atoms with E-state index in [9.17, 15) is 9.18 Å². The molecule has 3 rings (SSSR count). The van der Waals surface area contributed by atoms with Crippen molar-refractivity contribution in [2.45, 2.75) is 26.2 Å². The number of aryl methyl sites for hydroxylation is 1. The van der Waals surface area contributed by atoms with Gasteiger partial charge in [-0.1, -0.05) is 18.2 Å². The number of nitrogens with one attached hydrogen (secondary N) is 2. The minimum atomic E-state index is -0.318. The number of amides is 1. The molecule has 2 aromatic rings. The van der Waals surface area contributed by atoms with Crippen LogP contribution in [-0.2, 0) is 4.79 Å². The van der Waals surface area contributed by atoms with Crippen LogP contribution in [0.15, 0.2) is 42.5 Å². The molecule has 25 heavy (non-hydrogen) atoms. The Bertz CT molecular complexity index is 741. The summed E-state index contributed by atoms with van der Waals surface area (Å²) in [6.07, 6.45) is 3.68. The lowest BCUT2D eigenvalue weighted by atomic mass is 10.1. The first kappa shape index (κ1) is 17.3. The standard InChI is InChI=1S/C20H24FN3O/c1-15-9-10-16(13-17(15)21)23-20(25)14-22-18-7-3-4-8-19(18)24-11-5-2-6-12-24/h3-4,7-10,13,22H,2,5-6,11-12,14H2,1H3,(H,23,25). The fourth-order valence-corrected chi connectivity index (χ4v) is 3.08. The van der Waals surface area contributed by atoms with Crippen molar-refractivity contribution in [3.05, 3.63) is 53.8 Å². The molecule has 1 aliphatic rings. The lowest BCUT2D eigenvalue weighted by molar-refractivity contribution is -0.114. The van der Waals surface area contributed by atoms with Gasteiger partial charge in [-0.05, 0) is 56.0 Å². The highest BCUT2D eigenvalue weighted by Crippen LogP contribution is 2.28. The number of piperidine rings is 1. The second kappa shape index (κ2) is 8.01. The Morgan fingerprint density at radius 3 is 2.64 bits per heavy atom. The molecule has 2 N–H and O–H groups in total. The summed E-state index contributed by atoms with van der Waals surface area (Å²) in [6, 6.07) is 12.8. The van der Waals surface area contributed by atoms with E-state index in [2.05, 4.69) is 21.6 Å². The number of hydrogen-bond donors (Lipinski definition) is 2. The number of rotatable bonds is 5. The maximum absolute atomic E-state index is 13.6. The molecular formula is C20H24FN3O. The van der Waals surface area contributed by atoms with Crippen molar-refractivity contribution < 1.29 is 9.18 Å². The third kappa shape index (κ3) is 4.50. The number of benzene rings is 2.